The normalized spacial score (nSPS) is 14.1. The van der Waals surface area contributed by atoms with E-state index in [0.717, 1.165) is 23.4 Å². The van der Waals surface area contributed by atoms with Crippen molar-refractivity contribution in [3.05, 3.63) is 88.5 Å². The fourth-order valence-corrected chi connectivity index (χ4v) is 3.69. The predicted octanol–water partition coefficient (Wildman–Crippen LogP) is 4.19. The van der Waals surface area contributed by atoms with E-state index in [0.29, 0.717) is 17.8 Å². The summed E-state index contributed by atoms with van der Waals surface area (Å²) in [7, 11) is 0. The number of nitrogens with zero attached hydrogens (tertiary/aromatic N) is 4. The highest BCUT2D eigenvalue weighted by atomic mass is 16.2. The van der Waals surface area contributed by atoms with Crippen molar-refractivity contribution in [1.82, 2.24) is 25.2 Å². The molecule has 2 aromatic heterocycles. The van der Waals surface area contributed by atoms with Crippen molar-refractivity contribution in [2.24, 2.45) is 0 Å². The summed E-state index contributed by atoms with van der Waals surface area (Å²) in [5, 5.41) is 14.2. The molecular weight excluding hydrogens is 362 g/mol. The minimum atomic E-state index is -0.0242. The van der Waals surface area contributed by atoms with E-state index in [1.165, 1.54) is 5.56 Å². The van der Waals surface area contributed by atoms with Gasteiger partial charge in [-0.1, -0.05) is 67.6 Å². The van der Waals surface area contributed by atoms with Crippen LogP contribution in [0.2, 0.25) is 0 Å². The SMILES string of the molecule is CCc1c2c(n(C(=O)c3ccccc3)c1/C=C\C(C)c1nn[nH]n1)CC=CC=C2. The minimum Gasteiger partial charge on any atom is -0.280 e. The van der Waals surface area contributed by atoms with Gasteiger partial charge in [-0.2, -0.15) is 5.21 Å². The van der Waals surface area contributed by atoms with Crippen LogP contribution in [-0.2, 0) is 12.8 Å². The monoisotopic (exact) mass is 385 g/mol. The number of aromatic nitrogens is 5. The Kier molecular flexibility index (Phi) is 5.33. The fraction of sp³-hybridized carbons (Fsp3) is 0.217. The lowest BCUT2D eigenvalue weighted by Crippen LogP contribution is -2.16. The lowest BCUT2D eigenvalue weighted by atomic mass is 10.0. The lowest BCUT2D eigenvalue weighted by molar-refractivity contribution is 0.0957. The van der Waals surface area contributed by atoms with E-state index in [2.05, 4.69) is 39.7 Å². The molecule has 0 saturated heterocycles. The van der Waals surface area contributed by atoms with Crippen molar-refractivity contribution in [2.45, 2.75) is 32.6 Å². The Morgan fingerprint density at radius 1 is 1.28 bits per heavy atom. The van der Waals surface area contributed by atoms with Crippen LogP contribution in [0.5, 0.6) is 0 Å². The largest absolute Gasteiger partial charge is 0.280 e. The topological polar surface area (TPSA) is 76.5 Å². The molecule has 6 heteroatoms. The Bertz CT molecular complexity index is 1090. The quantitative estimate of drug-likeness (QED) is 0.714. The number of H-pyrrole nitrogens is 1. The number of carbonyl (C=O) groups excluding carboxylic acids is 1. The number of allylic oxidation sites excluding steroid dienone is 4. The van der Waals surface area contributed by atoms with Gasteiger partial charge >= 0.3 is 0 Å². The molecule has 3 aromatic rings. The molecule has 0 bridgehead atoms. The molecule has 0 fully saturated rings. The number of fused-ring (bicyclic) bond motifs is 1. The maximum Gasteiger partial charge on any atom is 0.262 e. The highest BCUT2D eigenvalue weighted by Gasteiger charge is 2.24. The zero-order valence-electron chi connectivity index (χ0n) is 16.5. The minimum absolute atomic E-state index is 0.0166. The molecule has 146 valence electrons. The van der Waals surface area contributed by atoms with Crippen molar-refractivity contribution in [3.63, 3.8) is 0 Å². The number of aromatic amines is 1. The standard InChI is InChI=1S/C23H23N5O/c1-3-18-19-12-8-5-9-13-20(19)28(23(29)17-10-6-4-7-11-17)21(18)15-14-16(2)22-24-26-27-25-22/h4-12,14-16H,3,13H2,1-2H3,(H,24,25,26,27)/b15-14-. The molecule has 0 amide bonds. The summed E-state index contributed by atoms with van der Waals surface area (Å²) in [6.45, 7) is 4.13. The molecule has 1 N–H and O–H groups in total. The molecule has 1 unspecified atom stereocenters. The van der Waals surface area contributed by atoms with Gasteiger partial charge in [0.2, 0.25) is 0 Å². The van der Waals surface area contributed by atoms with Crippen LogP contribution in [-0.4, -0.2) is 31.1 Å². The number of nitrogens with one attached hydrogen (secondary N) is 1. The highest BCUT2D eigenvalue weighted by Crippen LogP contribution is 2.30. The summed E-state index contributed by atoms with van der Waals surface area (Å²) in [5.74, 6) is 0.581. The second-order valence-corrected chi connectivity index (χ2v) is 6.99. The Labute approximate surface area is 169 Å². The molecule has 2 heterocycles. The van der Waals surface area contributed by atoms with Gasteiger partial charge in [-0.15, -0.1) is 10.2 Å². The predicted molar refractivity (Wildman–Crippen MR) is 113 cm³/mol. The summed E-state index contributed by atoms with van der Waals surface area (Å²) in [4.78, 5) is 13.5. The van der Waals surface area contributed by atoms with E-state index >= 15 is 0 Å². The molecule has 1 aliphatic carbocycles. The summed E-state index contributed by atoms with van der Waals surface area (Å²) < 4.78 is 1.86. The van der Waals surface area contributed by atoms with Crippen molar-refractivity contribution in [1.29, 1.82) is 0 Å². The average molecular weight is 385 g/mol. The Hall–Kier alpha value is -3.54. The zero-order valence-corrected chi connectivity index (χ0v) is 16.5. The van der Waals surface area contributed by atoms with Crippen molar-refractivity contribution in [2.75, 3.05) is 0 Å². The smallest absolute Gasteiger partial charge is 0.262 e. The highest BCUT2D eigenvalue weighted by molar-refractivity contribution is 5.99. The van der Waals surface area contributed by atoms with Crippen molar-refractivity contribution >= 4 is 18.1 Å². The fourth-order valence-electron chi connectivity index (χ4n) is 3.69. The first-order valence-corrected chi connectivity index (χ1v) is 9.81. The van der Waals surface area contributed by atoms with E-state index in [-0.39, 0.29) is 11.8 Å². The Morgan fingerprint density at radius 3 is 2.83 bits per heavy atom. The molecule has 1 atom stereocenters. The Morgan fingerprint density at radius 2 is 2.10 bits per heavy atom. The van der Waals surface area contributed by atoms with Crippen LogP contribution in [0.1, 0.15) is 58.5 Å². The third-order valence-corrected chi connectivity index (χ3v) is 5.17. The molecule has 1 aliphatic rings. The van der Waals surface area contributed by atoms with Gasteiger partial charge in [-0.05, 0) is 35.8 Å². The van der Waals surface area contributed by atoms with Gasteiger partial charge in [0.1, 0.15) is 0 Å². The summed E-state index contributed by atoms with van der Waals surface area (Å²) in [6, 6.07) is 9.42. The molecule has 0 saturated carbocycles. The van der Waals surface area contributed by atoms with Gasteiger partial charge in [-0.25, -0.2) is 0 Å². The molecule has 0 spiro atoms. The third kappa shape index (κ3) is 3.61. The first-order chi connectivity index (χ1) is 14.2. The molecule has 0 radical (unpaired) electrons. The van der Waals surface area contributed by atoms with Crippen molar-refractivity contribution in [3.8, 4) is 0 Å². The number of hydrogen-bond acceptors (Lipinski definition) is 4. The van der Waals surface area contributed by atoms with Crippen LogP contribution in [0.25, 0.3) is 12.2 Å². The van der Waals surface area contributed by atoms with E-state index < -0.39 is 0 Å². The number of carbonyl (C=O) groups is 1. The molecule has 4 rings (SSSR count). The van der Waals surface area contributed by atoms with E-state index in [1.54, 1.807) is 0 Å². The number of benzene rings is 1. The average Bonchev–Trinajstić information content (AvgIpc) is 3.32. The van der Waals surface area contributed by atoms with E-state index in [9.17, 15) is 4.79 Å². The molecule has 29 heavy (non-hydrogen) atoms. The van der Waals surface area contributed by atoms with Gasteiger partial charge in [0.25, 0.3) is 5.91 Å². The maximum atomic E-state index is 13.5. The molecule has 1 aromatic carbocycles. The van der Waals surface area contributed by atoms with Crippen LogP contribution in [0.15, 0.2) is 54.6 Å². The van der Waals surface area contributed by atoms with Crippen LogP contribution in [0, 0.1) is 0 Å². The summed E-state index contributed by atoms with van der Waals surface area (Å²) >= 11 is 0. The summed E-state index contributed by atoms with van der Waals surface area (Å²) in [6.07, 6.45) is 13.8. The van der Waals surface area contributed by atoms with E-state index in [4.69, 9.17) is 0 Å². The molecular formula is C23H23N5O. The van der Waals surface area contributed by atoms with Crippen molar-refractivity contribution < 1.29 is 4.79 Å². The summed E-state index contributed by atoms with van der Waals surface area (Å²) in [5.41, 5.74) is 4.91. The second kappa shape index (κ2) is 8.22. The van der Waals surface area contributed by atoms with Gasteiger partial charge in [-0.3, -0.25) is 9.36 Å². The van der Waals surface area contributed by atoms with Crippen LogP contribution < -0.4 is 0 Å². The van der Waals surface area contributed by atoms with Crippen LogP contribution in [0.3, 0.4) is 0 Å². The van der Waals surface area contributed by atoms with Crippen LogP contribution >= 0.6 is 0 Å². The Balaban J connectivity index is 1.86. The first-order valence-electron chi connectivity index (χ1n) is 9.81. The van der Waals surface area contributed by atoms with E-state index in [1.807, 2.05) is 66.1 Å². The van der Waals surface area contributed by atoms with Gasteiger partial charge < -0.3 is 0 Å². The molecule has 6 nitrogen and oxygen atoms in total. The van der Waals surface area contributed by atoms with Gasteiger partial charge in [0, 0.05) is 23.6 Å². The zero-order chi connectivity index (χ0) is 20.2. The number of tetrazole rings is 1. The second-order valence-electron chi connectivity index (χ2n) is 6.99. The number of hydrogen-bond donors (Lipinski definition) is 1. The lowest BCUT2D eigenvalue weighted by Gasteiger charge is -2.11. The van der Waals surface area contributed by atoms with Gasteiger partial charge in [0.15, 0.2) is 5.82 Å². The molecule has 0 aliphatic heterocycles. The maximum absolute atomic E-state index is 13.5. The number of rotatable bonds is 5. The van der Waals surface area contributed by atoms with Crippen LogP contribution in [0.4, 0.5) is 0 Å². The third-order valence-electron chi connectivity index (χ3n) is 5.17. The van der Waals surface area contributed by atoms with Gasteiger partial charge in [0.05, 0.1) is 5.69 Å². The first kappa shape index (κ1) is 18.8.